The number of amides is 1. The highest BCUT2D eigenvalue weighted by molar-refractivity contribution is 6.04. The Labute approximate surface area is 170 Å². The minimum atomic E-state index is -0.374. The molecule has 1 aromatic heterocycles. The first kappa shape index (κ1) is 20.0. The molecule has 4 rings (SSSR count). The molecule has 1 aromatic carbocycles. The quantitative estimate of drug-likeness (QED) is 0.698. The lowest BCUT2D eigenvalue weighted by molar-refractivity contribution is -0.100. The molecule has 7 nitrogen and oxygen atoms in total. The first-order valence-electron chi connectivity index (χ1n) is 10.7. The summed E-state index contributed by atoms with van der Waals surface area (Å²) in [6.45, 7) is 4.42. The molecule has 0 N–H and O–H groups in total. The van der Waals surface area contributed by atoms with E-state index < -0.39 is 0 Å². The fourth-order valence-electron chi connectivity index (χ4n) is 4.28. The van der Waals surface area contributed by atoms with Gasteiger partial charge in [0.2, 0.25) is 0 Å². The number of rotatable bonds is 6. The largest absolute Gasteiger partial charge is 0.348 e. The molecule has 0 spiro atoms. The number of aryl methyl sites for hydroxylation is 1. The number of hydrogen-bond donors (Lipinski definition) is 0. The van der Waals surface area contributed by atoms with Crippen LogP contribution in [0.15, 0.2) is 29.1 Å². The third-order valence-electron chi connectivity index (χ3n) is 5.82. The van der Waals surface area contributed by atoms with E-state index in [1.807, 2.05) is 23.1 Å². The predicted octanol–water partition coefficient (Wildman–Crippen LogP) is 2.95. The summed E-state index contributed by atoms with van der Waals surface area (Å²) < 4.78 is 12.9. The van der Waals surface area contributed by atoms with Gasteiger partial charge in [0.15, 0.2) is 12.0 Å². The summed E-state index contributed by atoms with van der Waals surface area (Å²) in [5.74, 6) is -0.144. The Morgan fingerprint density at radius 2 is 1.90 bits per heavy atom. The smallest absolute Gasteiger partial charge is 0.275 e. The zero-order chi connectivity index (χ0) is 20.2. The van der Waals surface area contributed by atoms with Gasteiger partial charge in [0.1, 0.15) is 0 Å². The number of hydrogen-bond acceptors (Lipinski definition) is 5. The van der Waals surface area contributed by atoms with Crippen LogP contribution in [0.3, 0.4) is 0 Å². The highest BCUT2D eigenvalue weighted by Gasteiger charge is 2.37. The monoisotopic (exact) mass is 399 g/mol. The maximum atomic E-state index is 13.6. The van der Waals surface area contributed by atoms with Crippen LogP contribution in [0.2, 0.25) is 0 Å². The van der Waals surface area contributed by atoms with Gasteiger partial charge in [0.05, 0.1) is 24.6 Å². The van der Waals surface area contributed by atoms with Crippen LogP contribution in [0.1, 0.15) is 55.9 Å². The fourth-order valence-corrected chi connectivity index (χ4v) is 4.28. The Hall–Kier alpha value is -2.25. The average Bonchev–Trinajstić information content (AvgIpc) is 3.30. The van der Waals surface area contributed by atoms with Crippen LogP contribution in [0.5, 0.6) is 0 Å². The third kappa shape index (κ3) is 4.07. The number of aromatic nitrogens is 2. The second-order valence-corrected chi connectivity index (χ2v) is 7.80. The van der Waals surface area contributed by atoms with Gasteiger partial charge in [0, 0.05) is 18.5 Å². The van der Waals surface area contributed by atoms with Gasteiger partial charge in [-0.25, -0.2) is 4.68 Å². The normalized spacial score (nSPS) is 20.4. The number of unbranched alkanes of at least 4 members (excludes halogenated alkanes) is 2. The Morgan fingerprint density at radius 1 is 1.14 bits per heavy atom. The van der Waals surface area contributed by atoms with Crippen molar-refractivity contribution in [3.63, 3.8) is 0 Å². The molecule has 29 heavy (non-hydrogen) atoms. The van der Waals surface area contributed by atoms with Crippen molar-refractivity contribution in [2.45, 2.75) is 64.3 Å². The number of likely N-dealkylation sites (tertiary alicyclic amines) is 1. The lowest BCUT2D eigenvalue weighted by Gasteiger charge is -2.37. The highest BCUT2D eigenvalue weighted by Crippen LogP contribution is 2.27. The summed E-state index contributed by atoms with van der Waals surface area (Å²) in [7, 11) is 0. The maximum absolute atomic E-state index is 13.6. The van der Waals surface area contributed by atoms with E-state index in [0.717, 1.165) is 38.5 Å². The Kier molecular flexibility index (Phi) is 6.25. The lowest BCUT2D eigenvalue weighted by Crippen LogP contribution is -2.50. The van der Waals surface area contributed by atoms with Crippen molar-refractivity contribution in [1.82, 2.24) is 14.7 Å². The molecule has 3 heterocycles. The Bertz CT molecular complexity index is 920. The van der Waals surface area contributed by atoms with Crippen molar-refractivity contribution >= 4 is 16.7 Å². The molecule has 156 valence electrons. The van der Waals surface area contributed by atoms with Crippen molar-refractivity contribution < 1.29 is 14.3 Å². The minimum Gasteiger partial charge on any atom is -0.348 e. The van der Waals surface area contributed by atoms with E-state index in [9.17, 15) is 9.59 Å². The van der Waals surface area contributed by atoms with Gasteiger partial charge in [-0.1, -0.05) is 38.0 Å². The van der Waals surface area contributed by atoms with Crippen LogP contribution in [-0.2, 0) is 16.0 Å². The van der Waals surface area contributed by atoms with E-state index in [1.54, 1.807) is 6.07 Å². The van der Waals surface area contributed by atoms with Crippen LogP contribution < -0.4 is 5.56 Å². The molecule has 2 aliphatic rings. The molecule has 1 amide bonds. The van der Waals surface area contributed by atoms with Gasteiger partial charge in [-0.05, 0) is 31.7 Å². The SMILES string of the molecule is CCCCCn1nc(C(=O)N2CCCCC2C2OCCO2)c2ccccc2c1=O. The van der Waals surface area contributed by atoms with Gasteiger partial charge >= 0.3 is 0 Å². The van der Waals surface area contributed by atoms with Gasteiger partial charge in [-0.15, -0.1) is 0 Å². The lowest BCUT2D eigenvalue weighted by atomic mass is 10.00. The summed E-state index contributed by atoms with van der Waals surface area (Å²) in [4.78, 5) is 28.3. The number of ether oxygens (including phenoxy) is 2. The maximum Gasteiger partial charge on any atom is 0.275 e. The van der Waals surface area contributed by atoms with Crippen LogP contribution in [-0.4, -0.2) is 52.7 Å². The van der Waals surface area contributed by atoms with E-state index in [1.165, 1.54) is 4.68 Å². The zero-order valence-electron chi connectivity index (χ0n) is 17.0. The zero-order valence-corrected chi connectivity index (χ0v) is 17.0. The van der Waals surface area contributed by atoms with Crippen molar-refractivity contribution in [2.75, 3.05) is 19.8 Å². The van der Waals surface area contributed by atoms with Gasteiger partial charge in [-0.2, -0.15) is 5.10 Å². The van der Waals surface area contributed by atoms with Gasteiger partial charge in [0.25, 0.3) is 11.5 Å². The summed E-state index contributed by atoms with van der Waals surface area (Å²) in [6.07, 6.45) is 5.42. The number of carbonyl (C=O) groups is 1. The van der Waals surface area contributed by atoms with E-state index in [2.05, 4.69) is 12.0 Å². The molecule has 2 aliphatic heterocycles. The number of piperidine rings is 1. The number of fused-ring (bicyclic) bond motifs is 1. The van der Waals surface area contributed by atoms with Crippen LogP contribution >= 0.6 is 0 Å². The molecule has 0 bridgehead atoms. The fraction of sp³-hybridized carbons (Fsp3) is 0.591. The number of benzene rings is 1. The van der Waals surface area contributed by atoms with E-state index >= 15 is 0 Å². The Morgan fingerprint density at radius 3 is 2.66 bits per heavy atom. The van der Waals surface area contributed by atoms with Crippen LogP contribution in [0, 0.1) is 0 Å². The molecule has 7 heteroatoms. The second-order valence-electron chi connectivity index (χ2n) is 7.80. The summed E-state index contributed by atoms with van der Waals surface area (Å²) in [6, 6.07) is 7.16. The molecule has 2 fully saturated rings. The van der Waals surface area contributed by atoms with E-state index in [4.69, 9.17) is 9.47 Å². The number of nitrogens with zero attached hydrogens (tertiary/aromatic N) is 3. The van der Waals surface area contributed by atoms with E-state index in [-0.39, 0.29) is 23.8 Å². The van der Waals surface area contributed by atoms with Gasteiger partial charge in [-0.3, -0.25) is 9.59 Å². The molecule has 0 aliphatic carbocycles. The molecule has 0 saturated carbocycles. The molecule has 0 radical (unpaired) electrons. The van der Waals surface area contributed by atoms with Crippen molar-refractivity contribution in [2.24, 2.45) is 0 Å². The highest BCUT2D eigenvalue weighted by atomic mass is 16.7. The summed E-state index contributed by atoms with van der Waals surface area (Å²) in [5, 5.41) is 5.70. The van der Waals surface area contributed by atoms with Crippen LogP contribution in [0.4, 0.5) is 0 Å². The Balaban J connectivity index is 1.72. The van der Waals surface area contributed by atoms with Crippen molar-refractivity contribution in [1.29, 1.82) is 0 Å². The standard InChI is InChI=1S/C22H29N3O4/c1-2-3-7-13-25-20(26)17-10-5-4-9-16(17)19(23-25)21(27)24-12-8-6-11-18(24)22-28-14-15-29-22/h4-5,9-10,18,22H,2-3,6-8,11-15H2,1H3. The van der Waals surface area contributed by atoms with Gasteiger partial charge < -0.3 is 14.4 Å². The first-order valence-corrected chi connectivity index (χ1v) is 10.7. The van der Waals surface area contributed by atoms with E-state index in [0.29, 0.717) is 42.8 Å². The van der Waals surface area contributed by atoms with Crippen molar-refractivity contribution in [3.8, 4) is 0 Å². The third-order valence-corrected chi connectivity index (χ3v) is 5.82. The average molecular weight is 399 g/mol. The second kappa shape index (κ2) is 9.05. The molecule has 2 aromatic rings. The molecular formula is C22H29N3O4. The minimum absolute atomic E-state index is 0.111. The summed E-state index contributed by atoms with van der Waals surface area (Å²) >= 11 is 0. The summed E-state index contributed by atoms with van der Waals surface area (Å²) in [5.41, 5.74) is 0.215. The van der Waals surface area contributed by atoms with Crippen molar-refractivity contribution in [3.05, 3.63) is 40.3 Å². The first-order chi connectivity index (χ1) is 14.2. The molecular weight excluding hydrogens is 370 g/mol. The number of carbonyl (C=O) groups excluding carboxylic acids is 1. The van der Waals surface area contributed by atoms with Crippen LogP contribution in [0.25, 0.3) is 10.8 Å². The predicted molar refractivity (Wildman–Crippen MR) is 110 cm³/mol. The molecule has 1 unspecified atom stereocenters. The topological polar surface area (TPSA) is 73.7 Å². The molecule has 2 saturated heterocycles. The molecule has 1 atom stereocenters.